The monoisotopic (exact) mass is 154 g/mol. The van der Waals surface area contributed by atoms with Crippen molar-refractivity contribution in [2.24, 2.45) is 5.41 Å². The normalized spacial score (nSPS) is 23.0. The summed E-state index contributed by atoms with van der Waals surface area (Å²) in [6.45, 7) is 4.18. The average molecular weight is 154 g/mol. The molecule has 0 aromatic carbocycles. The third-order valence-electron chi connectivity index (χ3n) is 2.89. The molecule has 0 atom stereocenters. The van der Waals surface area contributed by atoms with Crippen molar-refractivity contribution < 1.29 is 5.11 Å². The van der Waals surface area contributed by atoms with Crippen molar-refractivity contribution in [2.75, 3.05) is 6.61 Å². The molecule has 0 bridgehead atoms. The van der Waals surface area contributed by atoms with Gasteiger partial charge in [0.1, 0.15) is 0 Å². The van der Waals surface area contributed by atoms with Crippen molar-refractivity contribution in [1.29, 1.82) is 0 Å². The summed E-state index contributed by atoms with van der Waals surface area (Å²) in [6, 6.07) is 0. The van der Waals surface area contributed by atoms with Gasteiger partial charge in [0.25, 0.3) is 0 Å². The van der Waals surface area contributed by atoms with E-state index in [0.717, 1.165) is 6.42 Å². The second-order valence-corrected chi connectivity index (χ2v) is 3.60. The van der Waals surface area contributed by atoms with Gasteiger partial charge in [-0.15, -0.1) is 6.58 Å². The maximum Gasteiger partial charge on any atom is 0.0439 e. The third-order valence-corrected chi connectivity index (χ3v) is 2.89. The molecule has 0 heterocycles. The summed E-state index contributed by atoms with van der Waals surface area (Å²) >= 11 is 0. The topological polar surface area (TPSA) is 20.2 Å². The van der Waals surface area contributed by atoms with Crippen LogP contribution in [0.3, 0.4) is 0 Å². The molecule has 1 aliphatic carbocycles. The van der Waals surface area contributed by atoms with Gasteiger partial charge in [-0.25, -0.2) is 0 Å². The minimum absolute atomic E-state index is 0.285. The second-order valence-electron chi connectivity index (χ2n) is 3.60. The van der Waals surface area contributed by atoms with Gasteiger partial charge >= 0.3 is 0 Å². The smallest absolute Gasteiger partial charge is 0.0439 e. The molecule has 0 spiro atoms. The molecule has 0 amide bonds. The number of hydrogen-bond donors (Lipinski definition) is 1. The average Bonchev–Trinajstić information content (AvgIpc) is 2.07. The summed E-state index contributed by atoms with van der Waals surface area (Å²) in [5.74, 6) is 0. The van der Waals surface area contributed by atoms with E-state index in [2.05, 4.69) is 12.7 Å². The first-order chi connectivity index (χ1) is 5.33. The zero-order valence-electron chi connectivity index (χ0n) is 7.18. The highest BCUT2D eigenvalue weighted by atomic mass is 16.3. The number of aliphatic hydroxyl groups is 1. The van der Waals surface area contributed by atoms with E-state index in [1.54, 1.807) is 0 Å². The van der Waals surface area contributed by atoms with E-state index in [1.165, 1.54) is 32.1 Å². The summed E-state index contributed by atoms with van der Waals surface area (Å²) in [5, 5.41) is 8.87. The summed E-state index contributed by atoms with van der Waals surface area (Å²) < 4.78 is 0. The van der Waals surface area contributed by atoms with Crippen LogP contribution in [0.2, 0.25) is 0 Å². The van der Waals surface area contributed by atoms with Crippen molar-refractivity contribution in [2.45, 2.75) is 38.5 Å². The SMILES string of the molecule is C=CC1(CCO)CCCCC1. The molecule has 1 rings (SSSR count). The number of allylic oxidation sites excluding steroid dienone is 1. The quantitative estimate of drug-likeness (QED) is 0.619. The molecule has 1 saturated carbocycles. The molecule has 1 heteroatoms. The second kappa shape index (κ2) is 3.91. The molecule has 0 aliphatic heterocycles. The Bertz CT molecular complexity index is 117. The van der Waals surface area contributed by atoms with Gasteiger partial charge in [0.05, 0.1) is 0 Å². The van der Waals surface area contributed by atoms with Crippen LogP contribution in [0.25, 0.3) is 0 Å². The number of rotatable bonds is 3. The van der Waals surface area contributed by atoms with Gasteiger partial charge in [-0.3, -0.25) is 0 Å². The fourth-order valence-electron chi connectivity index (χ4n) is 2.03. The zero-order valence-corrected chi connectivity index (χ0v) is 7.18. The van der Waals surface area contributed by atoms with Crippen LogP contribution in [0.5, 0.6) is 0 Å². The highest BCUT2D eigenvalue weighted by Crippen LogP contribution is 2.39. The van der Waals surface area contributed by atoms with Crippen LogP contribution in [0.1, 0.15) is 38.5 Å². The predicted molar refractivity (Wildman–Crippen MR) is 47.4 cm³/mol. The van der Waals surface area contributed by atoms with Crippen molar-refractivity contribution in [3.63, 3.8) is 0 Å². The Hall–Kier alpha value is -0.300. The first-order valence-corrected chi connectivity index (χ1v) is 4.57. The lowest BCUT2D eigenvalue weighted by molar-refractivity contribution is 0.175. The minimum Gasteiger partial charge on any atom is -0.396 e. The predicted octanol–water partition coefficient (Wildman–Crippen LogP) is 2.51. The van der Waals surface area contributed by atoms with Gasteiger partial charge in [-0.2, -0.15) is 0 Å². The summed E-state index contributed by atoms with van der Waals surface area (Å²) in [5.41, 5.74) is 0.285. The van der Waals surface area contributed by atoms with Crippen molar-refractivity contribution in [3.8, 4) is 0 Å². The lowest BCUT2D eigenvalue weighted by Crippen LogP contribution is -2.22. The Morgan fingerprint density at radius 2 is 1.91 bits per heavy atom. The Balaban J connectivity index is 2.49. The fraction of sp³-hybridized carbons (Fsp3) is 0.800. The number of aliphatic hydroxyl groups excluding tert-OH is 1. The molecule has 0 radical (unpaired) electrons. The van der Waals surface area contributed by atoms with E-state index in [4.69, 9.17) is 5.11 Å². The van der Waals surface area contributed by atoms with E-state index in [9.17, 15) is 0 Å². The van der Waals surface area contributed by atoms with E-state index < -0.39 is 0 Å². The fourth-order valence-corrected chi connectivity index (χ4v) is 2.03. The molecule has 1 N–H and O–H groups in total. The van der Waals surface area contributed by atoms with Gasteiger partial charge in [0.15, 0.2) is 0 Å². The Morgan fingerprint density at radius 3 is 2.36 bits per heavy atom. The molecule has 0 unspecified atom stereocenters. The van der Waals surface area contributed by atoms with Gasteiger partial charge in [-0.1, -0.05) is 25.3 Å². The van der Waals surface area contributed by atoms with E-state index in [-0.39, 0.29) is 5.41 Å². The van der Waals surface area contributed by atoms with Crippen molar-refractivity contribution in [3.05, 3.63) is 12.7 Å². The highest BCUT2D eigenvalue weighted by Gasteiger charge is 2.27. The van der Waals surface area contributed by atoms with Crippen LogP contribution in [0.15, 0.2) is 12.7 Å². The lowest BCUT2D eigenvalue weighted by atomic mass is 9.72. The Kier molecular flexibility index (Phi) is 3.13. The number of hydrogen-bond acceptors (Lipinski definition) is 1. The first-order valence-electron chi connectivity index (χ1n) is 4.57. The summed E-state index contributed by atoms with van der Waals surface area (Å²) in [6.07, 6.45) is 9.42. The maximum absolute atomic E-state index is 8.87. The van der Waals surface area contributed by atoms with Gasteiger partial charge in [0, 0.05) is 6.61 Å². The molecular weight excluding hydrogens is 136 g/mol. The van der Waals surface area contributed by atoms with Crippen LogP contribution in [0.4, 0.5) is 0 Å². The standard InChI is InChI=1S/C10H18O/c1-2-10(8-9-11)6-4-3-5-7-10/h2,11H,1,3-9H2. The van der Waals surface area contributed by atoms with Crippen LogP contribution >= 0.6 is 0 Å². The Labute approximate surface area is 69.1 Å². The first kappa shape index (κ1) is 8.79. The zero-order chi connectivity index (χ0) is 8.16. The van der Waals surface area contributed by atoms with Crippen LogP contribution in [0, 0.1) is 5.41 Å². The van der Waals surface area contributed by atoms with E-state index in [0.29, 0.717) is 6.61 Å². The summed E-state index contributed by atoms with van der Waals surface area (Å²) in [4.78, 5) is 0. The molecule has 1 nitrogen and oxygen atoms in total. The molecule has 0 aromatic rings. The molecular formula is C10H18O. The van der Waals surface area contributed by atoms with Crippen LogP contribution in [-0.2, 0) is 0 Å². The molecule has 11 heavy (non-hydrogen) atoms. The third kappa shape index (κ3) is 2.06. The minimum atomic E-state index is 0.285. The van der Waals surface area contributed by atoms with E-state index >= 15 is 0 Å². The Morgan fingerprint density at radius 1 is 1.27 bits per heavy atom. The van der Waals surface area contributed by atoms with Crippen molar-refractivity contribution >= 4 is 0 Å². The lowest BCUT2D eigenvalue weighted by Gasteiger charge is -2.33. The molecule has 0 aromatic heterocycles. The maximum atomic E-state index is 8.87. The summed E-state index contributed by atoms with van der Waals surface area (Å²) in [7, 11) is 0. The molecule has 0 saturated heterocycles. The van der Waals surface area contributed by atoms with Gasteiger partial charge in [-0.05, 0) is 24.7 Å². The van der Waals surface area contributed by atoms with E-state index in [1.807, 2.05) is 0 Å². The molecule has 1 fully saturated rings. The largest absolute Gasteiger partial charge is 0.396 e. The molecule has 1 aliphatic rings. The van der Waals surface area contributed by atoms with Gasteiger partial charge < -0.3 is 5.11 Å². The van der Waals surface area contributed by atoms with Crippen molar-refractivity contribution in [1.82, 2.24) is 0 Å². The van der Waals surface area contributed by atoms with Crippen LogP contribution in [-0.4, -0.2) is 11.7 Å². The van der Waals surface area contributed by atoms with Gasteiger partial charge in [0.2, 0.25) is 0 Å². The molecule has 64 valence electrons. The van der Waals surface area contributed by atoms with Crippen LogP contribution < -0.4 is 0 Å². The highest BCUT2D eigenvalue weighted by molar-refractivity contribution is 4.96.